The molecule has 0 fully saturated rings. The highest BCUT2D eigenvalue weighted by atomic mass is 32.1. The van der Waals surface area contributed by atoms with Crippen molar-refractivity contribution in [3.63, 3.8) is 0 Å². The Morgan fingerprint density at radius 3 is 2.70 bits per heavy atom. The first kappa shape index (κ1) is 7.54. The van der Waals surface area contributed by atoms with Crippen LogP contribution in [0.4, 0.5) is 0 Å². The van der Waals surface area contributed by atoms with Gasteiger partial charge in [-0.3, -0.25) is 0 Å². The molecule has 0 aliphatic carbocycles. The highest BCUT2D eigenvalue weighted by Gasteiger charge is 2.06. The summed E-state index contributed by atoms with van der Waals surface area (Å²) in [5.41, 5.74) is 2.25. The molecule has 0 saturated carbocycles. The molecule has 1 rings (SSSR count). The fraction of sp³-hybridized carbons (Fsp3) is 0.286. The molecule has 0 aliphatic rings. The largest absolute Gasteiger partial charge is 0.306 e. The van der Waals surface area contributed by atoms with Crippen LogP contribution in [0.15, 0.2) is 10.8 Å². The third-order valence-electron chi connectivity index (χ3n) is 1.48. The van der Waals surface area contributed by atoms with Crippen molar-refractivity contribution >= 4 is 24.3 Å². The van der Waals surface area contributed by atoms with Gasteiger partial charge in [-0.1, -0.05) is 6.82 Å². The molecular weight excluding hydrogens is 143 g/mol. The van der Waals surface area contributed by atoms with Crippen LogP contribution >= 0.6 is 11.3 Å². The zero-order valence-electron chi connectivity index (χ0n) is 6.18. The molecule has 3 heteroatoms. The molecule has 0 unspecified atom stereocenters. The van der Waals surface area contributed by atoms with E-state index >= 15 is 0 Å². The number of hydrogen-bond acceptors (Lipinski definition) is 2. The Balaban J connectivity index is 2.93. The normalized spacial score (nSPS) is 9.40. The average molecular weight is 152 g/mol. The molecule has 0 atom stereocenters. The lowest BCUT2D eigenvalue weighted by atomic mass is 9.73. The minimum Gasteiger partial charge on any atom is -0.306 e. The smallest absolute Gasteiger partial charge is 0.208 e. The van der Waals surface area contributed by atoms with Gasteiger partial charge in [0.1, 0.15) is 5.68 Å². The molecule has 1 nitrogen and oxygen atoms in total. The summed E-state index contributed by atoms with van der Waals surface area (Å²) >= 11 is 1.59. The van der Waals surface area contributed by atoms with Crippen LogP contribution < -0.4 is 0 Å². The lowest BCUT2D eigenvalue weighted by Gasteiger charge is -1.91. The van der Waals surface area contributed by atoms with Gasteiger partial charge in [-0.2, -0.15) is 11.3 Å². The van der Waals surface area contributed by atoms with E-state index in [1.165, 1.54) is 0 Å². The Morgan fingerprint density at radius 1 is 1.60 bits per heavy atom. The number of carbonyl (C=O) groups is 1. The summed E-state index contributed by atoms with van der Waals surface area (Å²) in [7, 11) is 0.609. The second kappa shape index (κ2) is 3.02. The number of hydrogen-bond donors (Lipinski definition) is 0. The van der Waals surface area contributed by atoms with Gasteiger partial charge in [-0.25, -0.2) is 0 Å². The van der Waals surface area contributed by atoms with Crippen LogP contribution in [-0.4, -0.2) is 13.0 Å². The van der Waals surface area contributed by atoms with Gasteiger partial charge in [0.15, 0.2) is 0 Å². The van der Waals surface area contributed by atoms with Crippen molar-refractivity contribution in [3.8, 4) is 0 Å². The van der Waals surface area contributed by atoms with Gasteiger partial charge in [0, 0.05) is 10.9 Å². The van der Waals surface area contributed by atoms with Crippen LogP contribution in [0.2, 0.25) is 6.82 Å². The van der Waals surface area contributed by atoms with E-state index in [0.29, 0.717) is 7.28 Å². The molecule has 10 heavy (non-hydrogen) atoms. The van der Waals surface area contributed by atoms with E-state index in [-0.39, 0.29) is 5.68 Å². The van der Waals surface area contributed by atoms with Gasteiger partial charge in [-0.05, 0) is 17.9 Å². The van der Waals surface area contributed by atoms with Crippen molar-refractivity contribution in [3.05, 3.63) is 21.9 Å². The standard InChI is InChI=1S/C7H9BOS/c1-5-3-10-4-6(5)7(9)8-2/h3-4,8H,1-2H3. The Kier molecular flexibility index (Phi) is 2.27. The van der Waals surface area contributed by atoms with Crippen molar-refractivity contribution in [2.45, 2.75) is 13.7 Å². The van der Waals surface area contributed by atoms with Crippen molar-refractivity contribution in [1.82, 2.24) is 0 Å². The van der Waals surface area contributed by atoms with Crippen LogP contribution in [0, 0.1) is 6.92 Å². The summed E-state index contributed by atoms with van der Waals surface area (Å²) in [5, 5.41) is 3.92. The Hall–Kier alpha value is -0.565. The van der Waals surface area contributed by atoms with Gasteiger partial charge in [0.25, 0.3) is 0 Å². The lowest BCUT2D eigenvalue weighted by Crippen LogP contribution is -2.04. The maximum Gasteiger partial charge on any atom is 0.208 e. The summed E-state index contributed by atoms with van der Waals surface area (Å²) in [6.45, 7) is 3.86. The molecule has 1 aromatic rings. The minimum absolute atomic E-state index is 0.249. The highest BCUT2D eigenvalue weighted by Crippen LogP contribution is 2.13. The predicted molar refractivity (Wildman–Crippen MR) is 46.4 cm³/mol. The van der Waals surface area contributed by atoms with Crippen LogP contribution in [-0.2, 0) is 0 Å². The molecule has 0 spiro atoms. The molecule has 0 N–H and O–H groups in total. The quantitative estimate of drug-likeness (QED) is 0.589. The maximum atomic E-state index is 11.1. The molecule has 52 valence electrons. The maximum absolute atomic E-state index is 11.1. The van der Waals surface area contributed by atoms with Crippen LogP contribution in [0.5, 0.6) is 0 Å². The second-order valence-electron chi connectivity index (χ2n) is 2.25. The molecule has 1 heterocycles. The zero-order valence-corrected chi connectivity index (χ0v) is 6.99. The summed E-state index contributed by atoms with van der Waals surface area (Å²) in [6.07, 6.45) is 0. The summed E-state index contributed by atoms with van der Waals surface area (Å²) < 4.78 is 0. The topological polar surface area (TPSA) is 17.1 Å². The fourth-order valence-electron chi connectivity index (χ4n) is 0.837. The molecular formula is C7H9BOS. The van der Waals surface area contributed by atoms with E-state index in [4.69, 9.17) is 0 Å². The Morgan fingerprint density at radius 2 is 2.30 bits per heavy atom. The zero-order chi connectivity index (χ0) is 7.56. The lowest BCUT2D eigenvalue weighted by molar-refractivity contribution is 0.107. The fourth-order valence-corrected chi connectivity index (χ4v) is 1.69. The molecule has 0 saturated heterocycles. The van der Waals surface area contributed by atoms with E-state index in [9.17, 15) is 4.79 Å². The molecule has 0 aliphatic heterocycles. The van der Waals surface area contributed by atoms with Crippen LogP contribution in [0.3, 0.4) is 0 Å². The van der Waals surface area contributed by atoms with E-state index in [2.05, 4.69) is 0 Å². The average Bonchev–Trinajstić information content (AvgIpc) is 2.34. The monoisotopic (exact) mass is 152 g/mol. The minimum atomic E-state index is 0.249. The van der Waals surface area contributed by atoms with Gasteiger partial charge < -0.3 is 4.79 Å². The molecule has 0 amide bonds. The van der Waals surface area contributed by atoms with Gasteiger partial charge >= 0.3 is 0 Å². The Labute approximate surface area is 65.3 Å². The van der Waals surface area contributed by atoms with Crippen molar-refractivity contribution in [2.24, 2.45) is 0 Å². The van der Waals surface area contributed by atoms with Gasteiger partial charge in [-0.15, -0.1) is 0 Å². The first-order valence-corrected chi connectivity index (χ1v) is 4.26. The number of aryl methyl sites for hydroxylation is 1. The first-order chi connectivity index (χ1) is 4.75. The summed E-state index contributed by atoms with van der Waals surface area (Å²) in [5.74, 6) is 0. The van der Waals surface area contributed by atoms with Gasteiger partial charge in [0.2, 0.25) is 7.28 Å². The predicted octanol–water partition coefficient (Wildman–Crippen LogP) is 1.68. The number of rotatable bonds is 2. The first-order valence-electron chi connectivity index (χ1n) is 3.31. The molecule has 0 bridgehead atoms. The van der Waals surface area contributed by atoms with Crippen LogP contribution in [0.1, 0.15) is 15.9 Å². The number of thiophene rings is 1. The van der Waals surface area contributed by atoms with Crippen LogP contribution in [0.25, 0.3) is 0 Å². The van der Waals surface area contributed by atoms with E-state index in [1.54, 1.807) is 11.3 Å². The van der Waals surface area contributed by atoms with Crippen molar-refractivity contribution < 1.29 is 4.79 Å². The van der Waals surface area contributed by atoms with Crippen molar-refractivity contribution in [2.75, 3.05) is 0 Å². The second-order valence-corrected chi connectivity index (χ2v) is 2.99. The number of carbonyl (C=O) groups excluding carboxylic acids is 1. The summed E-state index contributed by atoms with van der Waals surface area (Å²) in [4.78, 5) is 11.1. The molecule has 0 aromatic carbocycles. The van der Waals surface area contributed by atoms with Gasteiger partial charge in [0.05, 0.1) is 0 Å². The molecule has 1 aromatic heterocycles. The third-order valence-corrected chi connectivity index (χ3v) is 2.34. The third kappa shape index (κ3) is 1.29. The van der Waals surface area contributed by atoms with E-state index < -0.39 is 0 Å². The molecule has 0 radical (unpaired) electrons. The SMILES string of the molecule is CBC(=O)c1cscc1C. The highest BCUT2D eigenvalue weighted by molar-refractivity contribution is 7.08. The van der Waals surface area contributed by atoms with E-state index in [0.717, 1.165) is 11.1 Å². The Bertz CT molecular complexity index is 242. The summed E-state index contributed by atoms with van der Waals surface area (Å²) in [6, 6.07) is 0. The van der Waals surface area contributed by atoms with Crippen molar-refractivity contribution in [1.29, 1.82) is 0 Å². The van der Waals surface area contributed by atoms with E-state index in [1.807, 2.05) is 24.5 Å².